The minimum Gasteiger partial charge on any atom is -0.324 e. The highest BCUT2D eigenvalue weighted by Gasteiger charge is 2.17. The molecular formula is C18H19ClN4OS2. The Labute approximate surface area is 165 Å². The molecule has 8 heteroatoms. The van der Waals surface area contributed by atoms with Crippen molar-refractivity contribution >= 4 is 46.3 Å². The van der Waals surface area contributed by atoms with E-state index < -0.39 is 0 Å². The van der Waals surface area contributed by atoms with Crippen LogP contribution in [0.3, 0.4) is 0 Å². The van der Waals surface area contributed by atoms with Crippen LogP contribution in [0, 0.1) is 13.8 Å². The van der Waals surface area contributed by atoms with Crippen LogP contribution in [0.5, 0.6) is 0 Å². The fourth-order valence-electron chi connectivity index (χ4n) is 2.49. The Morgan fingerprint density at radius 2 is 2.08 bits per heavy atom. The normalized spacial score (nSPS) is 10.9. The van der Waals surface area contributed by atoms with Crippen molar-refractivity contribution in [3.8, 4) is 11.4 Å². The number of rotatable bonds is 6. The quantitative estimate of drug-likeness (QED) is 0.583. The second-order valence-electron chi connectivity index (χ2n) is 5.70. The van der Waals surface area contributed by atoms with Gasteiger partial charge in [-0.25, -0.2) is 0 Å². The van der Waals surface area contributed by atoms with Crippen molar-refractivity contribution < 1.29 is 4.79 Å². The molecule has 0 spiro atoms. The van der Waals surface area contributed by atoms with E-state index in [1.54, 1.807) is 23.5 Å². The van der Waals surface area contributed by atoms with Crippen LogP contribution in [0.1, 0.15) is 17.4 Å². The number of aromatic nitrogens is 3. The van der Waals surface area contributed by atoms with Gasteiger partial charge < -0.3 is 9.88 Å². The zero-order chi connectivity index (χ0) is 18.7. The number of nitrogens with zero attached hydrogens (tertiary/aromatic N) is 3. The van der Waals surface area contributed by atoms with Crippen LogP contribution in [-0.2, 0) is 11.3 Å². The van der Waals surface area contributed by atoms with Gasteiger partial charge in [-0.1, -0.05) is 35.5 Å². The summed E-state index contributed by atoms with van der Waals surface area (Å²) in [6.07, 6.45) is 0. The Morgan fingerprint density at radius 3 is 2.73 bits per heavy atom. The fourth-order valence-corrected chi connectivity index (χ4v) is 4.34. The Hall–Kier alpha value is -1.83. The fraction of sp³-hybridized carbons (Fsp3) is 0.278. The van der Waals surface area contributed by atoms with Gasteiger partial charge in [0.25, 0.3) is 0 Å². The maximum Gasteiger partial charge on any atom is 0.234 e. The van der Waals surface area contributed by atoms with Crippen molar-refractivity contribution in [1.82, 2.24) is 14.8 Å². The first kappa shape index (κ1) is 18.9. The van der Waals surface area contributed by atoms with Gasteiger partial charge >= 0.3 is 0 Å². The van der Waals surface area contributed by atoms with E-state index in [4.69, 9.17) is 11.6 Å². The molecule has 26 heavy (non-hydrogen) atoms. The second kappa shape index (κ2) is 8.24. The molecule has 0 unspecified atom stereocenters. The summed E-state index contributed by atoms with van der Waals surface area (Å²) in [7, 11) is 0. The highest BCUT2D eigenvalue weighted by Crippen LogP contribution is 2.31. The maximum atomic E-state index is 12.2. The number of thioether (sulfide) groups is 1. The molecule has 0 saturated carbocycles. The average molecular weight is 407 g/mol. The summed E-state index contributed by atoms with van der Waals surface area (Å²) in [5, 5.41) is 14.8. The number of carbonyl (C=O) groups is 1. The smallest absolute Gasteiger partial charge is 0.234 e. The van der Waals surface area contributed by atoms with Crippen molar-refractivity contribution in [2.24, 2.45) is 0 Å². The molecule has 3 aromatic rings. The largest absolute Gasteiger partial charge is 0.324 e. The molecule has 136 valence electrons. The third-order valence-corrected chi connectivity index (χ3v) is 6.35. The van der Waals surface area contributed by atoms with E-state index in [9.17, 15) is 4.79 Å². The summed E-state index contributed by atoms with van der Waals surface area (Å²) < 4.78 is 2.04. The van der Waals surface area contributed by atoms with Crippen LogP contribution >= 0.6 is 34.7 Å². The third kappa shape index (κ3) is 3.95. The van der Waals surface area contributed by atoms with Crippen molar-refractivity contribution in [3.05, 3.63) is 45.1 Å². The van der Waals surface area contributed by atoms with Gasteiger partial charge in [0.15, 0.2) is 11.0 Å². The molecule has 0 fully saturated rings. The second-order valence-corrected chi connectivity index (χ2v) is 8.13. The van der Waals surface area contributed by atoms with Crippen molar-refractivity contribution in [2.75, 3.05) is 11.1 Å². The molecule has 0 aliphatic rings. The summed E-state index contributed by atoms with van der Waals surface area (Å²) in [5.74, 6) is 0.964. The molecule has 0 saturated heterocycles. The van der Waals surface area contributed by atoms with E-state index in [1.165, 1.54) is 22.2 Å². The Kier molecular flexibility index (Phi) is 6.01. The number of para-hydroxylation sites is 1. The number of anilines is 1. The van der Waals surface area contributed by atoms with Gasteiger partial charge in [0, 0.05) is 22.4 Å². The van der Waals surface area contributed by atoms with Crippen molar-refractivity contribution in [1.29, 1.82) is 0 Å². The van der Waals surface area contributed by atoms with Crippen LogP contribution in [0.15, 0.2) is 34.8 Å². The number of amides is 1. The number of thiophene rings is 1. The summed E-state index contributed by atoms with van der Waals surface area (Å²) in [6, 6.07) is 7.18. The molecule has 0 bridgehead atoms. The standard InChI is InChI=1S/C18H19ClN4OS2/c1-4-23-17(13-9-25-12(3)11(13)2)21-22-18(23)26-10-16(24)20-15-8-6-5-7-14(15)19/h5-9H,4,10H2,1-3H3,(H,20,24). The lowest BCUT2D eigenvalue weighted by Gasteiger charge is -2.08. The van der Waals surface area contributed by atoms with Crippen molar-refractivity contribution in [2.45, 2.75) is 32.5 Å². The molecule has 0 aliphatic carbocycles. The number of hydrogen-bond donors (Lipinski definition) is 1. The summed E-state index contributed by atoms with van der Waals surface area (Å²) in [4.78, 5) is 13.5. The van der Waals surface area contributed by atoms with Gasteiger partial charge in [0.05, 0.1) is 16.5 Å². The summed E-state index contributed by atoms with van der Waals surface area (Å²) in [6.45, 7) is 6.99. The molecule has 0 radical (unpaired) electrons. The Balaban J connectivity index is 1.72. The van der Waals surface area contributed by atoms with E-state index in [1.807, 2.05) is 16.7 Å². The third-order valence-electron chi connectivity index (χ3n) is 4.04. The molecule has 0 aliphatic heterocycles. The number of halogens is 1. The lowest BCUT2D eigenvalue weighted by Crippen LogP contribution is -2.15. The first-order chi connectivity index (χ1) is 12.5. The van der Waals surface area contributed by atoms with Gasteiger partial charge in [-0.3, -0.25) is 4.79 Å². The topological polar surface area (TPSA) is 59.8 Å². The molecule has 1 amide bonds. The monoisotopic (exact) mass is 406 g/mol. The van der Waals surface area contributed by atoms with Crippen LogP contribution in [-0.4, -0.2) is 26.4 Å². The predicted molar refractivity (Wildman–Crippen MR) is 109 cm³/mol. The Morgan fingerprint density at radius 1 is 1.31 bits per heavy atom. The van der Waals surface area contributed by atoms with Gasteiger partial charge in [-0.15, -0.1) is 21.5 Å². The average Bonchev–Trinajstić information content (AvgIpc) is 3.18. The molecule has 1 N–H and O–H groups in total. The zero-order valence-electron chi connectivity index (χ0n) is 14.7. The predicted octanol–water partition coefficient (Wildman–Crippen LogP) is 5.03. The number of nitrogens with one attached hydrogen (secondary N) is 1. The number of carbonyl (C=O) groups excluding carboxylic acids is 1. The van der Waals surface area contributed by atoms with Crippen molar-refractivity contribution in [3.63, 3.8) is 0 Å². The van der Waals surface area contributed by atoms with E-state index in [2.05, 4.69) is 41.7 Å². The Bertz CT molecular complexity index is 935. The minimum absolute atomic E-state index is 0.127. The number of hydrogen-bond acceptors (Lipinski definition) is 5. The van der Waals surface area contributed by atoms with E-state index in [0.29, 0.717) is 10.7 Å². The molecule has 2 heterocycles. The van der Waals surface area contributed by atoms with E-state index >= 15 is 0 Å². The summed E-state index contributed by atoms with van der Waals surface area (Å²) >= 11 is 9.16. The van der Waals surface area contributed by atoms with Gasteiger partial charge in [0.1, 0.15) is 0 Å². The highest BCUT2D eigenvalue weighted by atomic mass is 35.5. The van der Waals surface area contributed by atoms with Crippen LogP contribution in [0.2, 0.25) is 5.02 Å². The minimum atomic E-state index is -0.127. The number of aryl methyl sites for hydroxylation is 1. The maximum absolute atomic E-state index is 12.2. The molecular weight excluding hydrogens is 388 g/mol. The molecule has 3 rings (SSSR count). The first-order valence-corrected chi connectivity index (χ1v) is 10.4. The highest BCUT2D eigenvalue weighted by molar-refractivity contribution is 7.99. The van der Waals surface area contributed by atoms with E-state index in [-0.39, 0.29) is 11.7 Å². The van der Waals surface area contributed by atoms with Crippen LogP contribution in [0.25, 0.3) is 11.4 Å². The lowest BCUT2D eigenvalue weighted by atomic mass is 10.1. The molecule has 1 aromatic carbocycles. The van der Waals surface area contributed by atoms with Crippen LogP contribution < -0.4 is 5.32 Å². The molecule has 2 aromatic heterocycles. The van der Waals surface area contributed by atoms with Gasteiger partial charge in [-0.05, 0) is 38.5 Å². The molecule has 5 nitrogen and oxygen atoms in total. The van der Waals surface area contributed by atoms with Crippen LogP contribution in [0.4, 0.5) is 5.69 Å². The SMILES string of the molecule is CCn1c(SCC(=O)Nc2ccccc2Cl)nnc1-c1csc(C)c1C. The lowest BCUT2D eigenvalue weighted by molar-refractivity contribution is -0.113. The van der Waals surface area contributed by atoms with E-state index in [0.717, 1.165) is 23.1 Å². The zero-order valence-corrected chi connectivity index (χ0v) is 17.1. The van der Waals surface area contributed by atoms with Gasteiger partial charge in [0.2, 0.25) is 5.91 Å². The molecule has 0 atom stereocenters. The van der Waals surface area contributed by atoms with Gasteiger partial charge in [-0.2, -0.15) is 0 Å². The first-order valence-electron chi connectivity index (χ1n) is 8.16. The number of benzene rings is 1. The summed E-state index contributed by atoms with van der Waals surface area (Å²) in [5.41, 5.74) is 2.95.